The number of pyridine rings is 1. The van der Waals surface area contributed by atoms with Crippen molar-refractivity contribution in [1.29, 1.82) is 5.26 Å². The van der Waals surface area contributed by atoms with E-state index in [9.17, 15) is 14.0 Å². The number of carbonyl (C=O) groups is 2. The Morgan fingerprint density at radius 3 is 2.19 bits per heavy atom. The van der Waals surface area contributed by atoms with E-state index < -0.39 is 5.82 Å². The van der Waals surface area contributed by atoms with Gasteiger partial charge >= 0.3 is 0 Å². The highest BCUT2D eigenvalue weighted by molar-refractivity contribution is 6.30. The fourth-order valence-corrected chi connectivity index (χ4v) is 4.26. The molecule has 2 N–H and O–H groups in total. The molecule has 0 radical (unpaired) electrons. The molecule has 0 unspecified atom stereocenters. The standard InChI is InChI=1S/C21H18ClFN4O4/c22-16-2-1-14(6-17(16)23)30-8-18(28)26-20-10-21(11-20,12-20)27-19(29)9-31-15-3-4-25-13(5-15)7-24/h1-6H,8-12H2,(H,26,28)(H,27,29). The van der Waals surface area contributed by atoms with Crippen molar-refractivity contribution in [2.75, 3.05) is 13.2 Å². The Hall–Kier alpha value is -3.38. The predicted octanol–water partition coefficient (Wildman–Crippen LogP) is 2.11. The van der Waals surface area contributed by atoms with Crippen LogP contribution in [0.4, 0.5) is 4.39 Å². The smallest absolute Gasteiger partial charge is 0.258 e. The van der Waals surface area contributed by atoms with Gasteiger partial charge in [0, 0.05) is 29.4 Å². The second kappa shape index (κ2) is 8.04. The van der Waals surface area contributed by atoms with Gasteiger partial charge in [-0.2, -0.15) is 5.26 Å². The summed E-state index contributed by atoms with van der Waals surface area (Å²) in [5, 5.41) is 14.7. The molecular weight excluding hydrogens is 427 g/mol. The van der Waals surface area contributed by atoms with Crippen LogP contribution in [-0.2, 0) is 9.59 Å². The van der Waals surface area contributed by atoms with Gasteiger partial charge in [-0.1, -0.05) is 11.6 Å². The van der Waals surface area contributed by atoms with Crippen molar-refractivity contribution in [1.82, 2.24) is 15.6 Å². The van der Waals surface area contributed by atoms with Crippen LogP contribution < -0.4 is 20.1 Å². The molecule has 10 heteroatoms. The Kier molecular flexibility index (Phi) is 5.41. The lowest BCUT2D eigenvalue weighted by molar-refractivity contribution is -0.151. The van der Waals surface area contributed by atoms with Crippen molar-refractivity contribution in [2.45, 2.75) is 30.3 Å². The van der Waals surface area contributed by atoms with Crippen LogP contribution in [0.15, 0.2) is 36.5 Å². The third kappa shape index (κ3) is 4.54. The zero-order chi connectivity index (χ0) is 22.1. The number of rotatable bonds is 8. The number of halogens is 2. The minimum Gasteiger partial charge on any atom is -0.484 e. The van der Waals surface area contributed by atoms with Gasteiger partial charge in [0.2, 0.25) is 0 Å². The number of ether oxygens (including phenoxy) is 2. The molecule has 3 aliphatic rings. The highest BCUT2D eigenvalue weighted by Crippen LogP contribution is 2.60. The van der Waals surface area contributed by atoms with Crippen LogP contribution in [0.3, 0.4) is 0 Å². The van der Waals surface area contributed by atoms with Gasteiger partial charge in [0.15, 0.2) is 13.2 Å². The fraction of sp³-hybridized carbons (Fsp3) is 0.333. The predicted molar refractivity (Wildman–Crippen MR) is 107 cm³/mol. The molecule has 3 fully saturated rings. The van der Waals surface area contributed by atoms with E-state index in [-0.39, 0.29) is 52.6 Å². The average Bonchev–Trinajstić information content (AvgIpc) is 2.71. The van der Waals surface area contributed by atoms with Crippen molar-refractivity contribution in [2.24, 2.45) is 0 Å². The maximum absolute atomic E-state index is 13.4. The Morgan fingerprint density at radius 1 is 1.06 bits per heavy atom. The molecule has 3 saturated carbocycles. The van der Waals surface area contributed by atoms with E-state index in [0.29, 0.717) is 25.0 Å². The normalized spacial score (nSPS) is 22.9. The van der Waals surface area contributed by atoms with E-state index in [2.05, 4.69) is 15.6 Å². The van der Waals surface area contributed by atoms with Crippen molar-refractivity contribution in [3.8, 4) is 17.6 Å². The molecule has 3 aliphatic carbocycles. The number of nitrogens with zero attached hydrogens (tertiary/aromatic N) is 2. The topological polar surface area (TPSA) is 113 Å². The molecule has 0 aliphatic heterocycles. The average molecular weight is 445 g/mol. The Balaban J connectivity index is 1.18. The summed E-state index contributed by atoms with van der Waals surface area (Å²) in [6, 6.07) is 8.90. The first-order valence-corrected chi connectivity index (χ1v) is 9.87. The van der Waals surface area contributed by atoms with E-state index in [1.165, 1.54) is 24.4 Å². The quantitative estimate of drug-likeness (QED) is 0.644. The number of hydrogen-bond acceptors (Lipinski definition) is 6. The largest absolute Gasteiger partial charge is 0.484 e. The molecule has 2 amide bonds. The number of nitriles is 1. The van der Waals surface area contributed by atoms with Gasteiger partial charge in [-0.3, -0.25) is 9.59 Å². The molecule has 1 heterocycles. The van der Waals surface area contributed by atoms with Gasteiger partial charge in [-0.25, -0.2) is 9.37 Å². The van der Waals surface area contributed by atoms with Crippen molar-refractivity contribution in [3.63, 3.8) is 0 Å². The molecule has 160 valence electrons. The second-order valence-corrected chi connectivity index (χ2v) is 8.24. The van der Waals surface area contributed by atoms with E-state index in [4.69, 9.17) is 26.3 Å². The van der Waals surface area contributed by atoms with E-state index in [0.717, 1.165) is 6.07 Å². The van der Waals surface area contributed by atoms with Crippen LogP contribution in [0.25, 0.3) is 0 Å². The van der Waals surface area contributed by atoms with Gasteiger partial charge in [0.25, 0.3) is 11.8 Å². The van der Waals surface area contributed by atoms with Crippen molar-refractivity contribution < 1.29 is 23.5 Å². The maximum Gasteiger partial charge on any atom is 0.258 e. The minimum absolute atomic E-state index is 0.0175. The highest BCUT2D eigenvalue weighted by Gasteiger charge is 2.69. The van der Waals surface area contributed by atoms with Crippen LogP contribution >= 0.6 is 11.6 Å². The summed E-state index contributed by atoms with van der Waals surface area (Å²) in [4.78, 5) is 28.2. The van der Waals surface area contributed by atoms with Gasteiger partial charge in [0.05, 0.1) is 5.02 Å². The summed E-state index contributed by atoms with van der Waals surface area (Å²) in [5.41, 5.74) is -0.462. The van der Waals surface area contributed by atoms with Gasteiger partial charge in [-0.15, -0.1) is 0 Å². The molecule has 8 nitrogen and oxygen atoms in total. The zero-order valence-corrected chi connectivity index (χ0v) is 17.0. The van der Waals surface area contributed by atoms with E-state index in [1.807, 2.05) is 6.07 Å². The lowest BCUT2D eigenvalue weighted by Crippen LogP contribution is -2.84. The third-order valence-electron chi connectivity index (χ3n) is 5.32. The van der Waals surface area contributed by atoms with Crippen molar-refractivity contribution >= 4 is 23.4 Å². The van der Waals surface area contributed by atoms with Crippen LogP contribution in [-0.4, -0.2) is 41.1 Å². The Bertz CT molecular complexity index is 1070. The summed E-state index contributed by atoms with van der Waals surface area (Å²) in [6.45, 7) is -0.422. The second-order valence-electron chi connectivity index (χ2n) is 7.83. The van der Waals surface area contributed by atoms with Gasteiger partial charge in [0.1, 0.15) is 29.1 Å². The number of carbonyl (C=O) groups excluding carboxylic acids is 2. The molecular formula is C21H18ClFN4O4. The highest BCUT2D eigenvalue weighted by atomic mass is 35.5. The summed E-state index contributed by atoms with van der Waals surface area (Å²) in [6.07, 6.45) is 3.31. The summed E-state index contributed by atoms with van der Waals surface area (Å²) in [7, 11) is 0. The molecule has 1 aromatic heterocycles. The minimum atomic E-state index is -0.616. The first-order chi connectivity index (χ1) is 14.8. The van der Waals surface area contributed by atoms with E-state index in [1.54, 1.807) is 6.07 Å². The summed E-state index contributed by atoms with van der Waals surface area (Å²) < 4.78 is 24.1. The van der Waals surface area contributed by atoms with Crippen molar-refractivity contribution in [3.05, 3.63) is 53.1 Å². The number of aromatic nitrogens is 1. The maximum atomic E-state index is 13.4. The first-order valence-electron chi connectivity index (χ1n) is 9.49. The van der Waals surface area contributed by atoms with E-state index >= 15 is 0 Å². The van der Waals surface area contributed by atoms with Crippen LogP contribution in [0.1, 0.15) is 25.0 Å². The number of hydrogen-bond donors (Lipinski definition) is 2. The Morgan fingerprint density at radius 2 is 1.65 bits per heavy atom. The SMILES string of the molecule is N#Cc1cc(OCC(=O)NC23CC(NC(=O)COc4ccc(Cl)c(F)c4)(C2)C3)ccn1. The Labute approximate surface area is 182 Å². The number of benzene rings is 1. The van der Waals surface area contributed by atoms with Crippen LogP contribution in [0.5, 0.6) is 11.5 Å². The summed E-state index contributed by atoms with van der Waals surface area (Å²) in [5.74, 6) is -0.597. The third-order valence-corrected chi connectivity index (χ3v) is 5.62. The zero-order valence-electron chi connectivity index (χ0n) is 16.3. The first kappa shape index (κ1) is 20.9. The molecule has 5 rings (SSSR count). The monoisotopic (exact) mass is 444 g/mol. The van der Waals surface area contributed by atoms with Crippen LogP contribution in [0.2, 0.25) is 5.02 Å². The molecule has 2 bridgehead atoms. The molecule has 0 saturated heterocycles. The molecule has 1 aromatic carbocycles. The lowest BCUT2D eigenvalue weighted by atomic mass is 9.44. The van der Waals surface area contributed by atoms with Crippen LogP contribution in [0, 0.1) is 17.1 Å². The number of nitrogens with one attached hydrogen (secondary N) is 2. The molecule has 31 heavy (non-hydrogen) atoms. The molecule has 2 aromatic rings. The summed E-state index contributed by atoms with van der Waals surface area (Å²) >= 11 is 5.61. The van der Waals surface area contributed by atoms with Gasteiger partial charge in [-0.05, 0) is 37.5 Å². The molecule has 0 atom stereocenters. The van der Waals surface area contributed by atoms with Gasteiger partial charge < -0.3 is 20.1 Å². The molecule has 0 spiro atoms. The lowest BCUT2D eigenvalue weighted by Gasteiger charge is -2.70. The fourth-order valence-electron chi connectivity index (χ4n) is 4.14. The number of amides is 2.